The largest absolute Gasteiger partial charge is 0.472 e. The Kier molecular flexibility index (Phi) is 12.0. The number of carbonyl (C=O) groups excluding carboxylic acids is 1. The minimum atomic E-state index is -4.19. The number of carbonyl (C=O) groups is 1. The summed E-state index contributed by atoms with van der Waals surface area (Å²) in [7, 11) is 1.74. The van der Waals surface area contributed by atoms with E-state index in [-0.39, 0.29) is 37.1 Å². The average Bonchev–Trinajstić information content (AvgIpc) is 3.29. The molecule has 258 valence electrons. The van der Waals surface area contributed by atoms with Crippen molar-refractivity contribution >= 4 is 13.8 Å². The van der Waals surface area contributed by atoms with Gasteiger partial charge in [-0.2, -0.15) is 0 Å². The zero-order valence-electron chi connectivity index (χ0n) is 29.9. The lowest BCUT2D eigenvalue weighted by atomic mass is 9.47. The molecule has 0 heterocycles. The van der Waals surface area contributed by atoms with Gasteiger partial charge in [0.25, 0.3) is 0 Å². The first kappa shape index (κ1) is 36.8. The highest BCUT2D eigenvalue weighted by molar-refractivity contribution is 7.47. The highest BCUT2D eigenvalue weighted by Gasteiger charge is 2.59. The van der Waals surface area contributed by atoms with Gasteiger partial charge in [0.2, 0.25) is 0 Å². The number of rotatable bonds is 14. The van der Waals surface area contributed by atoms with Gasteiger partial charge in [-0.15, -0.1) is 0 Å². The number of ether oxygens (including phenoxy) is 1. The minimum Gasteiger partial charge on any atom is -0.462 e. The van der Waals surface area contributed by atoms with E-state index >= 15 is 0 Å². The van der Waals surface area contributed by atoms with E-state index in [9.17, 15) is 14.3 Å². The number of likely N-dealkylation sites (N-methyl/N-ethyl adjacent to an activating group) is 1. The summed E-state index contributed by atoms with van der Waals surface area (Å²) in [5, 5.41) is 0. The number of phosphoric acid groups is 1. The third kappa shape index (κ3) is 8.74. The molecule has 4 unspecified atom stereocenters. The Morgan fingerprint density at radius 3 is 2.42 bits per heavy atom. The van der Waals surface area contributed by atoms with E-state index in [4.69, 9.17) is 13.8 Å². The summed E-state index contributed by atoms with van der Waals surface area (Å²) >= 11 is 0. The molecule has 10 atom stereocenters. The normalized spacial score (nSPS) is 36.1. The highest BCUT2D eigenvalue weighted by atomic mass is 31.2. The van der Waals surface area contributed by atoms with Crippen molar-refractivity contribution in [2.24, 2.45) is 52.3 Å². The summed E-state index contributed by atoms with van der Waals surface area (Å²) in [5.74, 6) is 4.68. The van der Waals surface area contributed by atoms with Gasteiger partial charge in [0, 0.05) is 6.42 Å². The van der Waals surface area contributed by atoms with Crippen molar-refractivity contribution in [1.29, 1.82) is 0 Å². The molecule has 0 aliphatic heterocycles. The van der Waals surface area contributed by atoms with Crippen LogP contribution in [-0.4, -0.2) is 62.4 Å². The topological polar surface area (TPSA) is 82.1 Å². The molecule has 4 aliphatic carbocycles. The number of hydrogen-bond acceptors (Lipinski definition) is 5. The monoisotopic (exact) mass is 650 g/mol. The number of fused-ring (bicyclic) bond motifs is 5. The van der Waals surface area contributed by atoms with Crippen molar-refractivity contribution in [2.75, 3.05) is 40.9 Å². The molecule has 1 N–H and O–H groups in total. The summed E-state index contributed by atoms with van der Waals surface area (Å²) in [5.41, 5.74) is 2.11. The van der Waals surface area contributed by atoms with Crippen LogP contribution in [-0.2, 0) is 23.1 Å². The Balaban J connectivity index is 1.30. The molecule has 0 radical (unpaired) electrons. The lowest BCUT2D eigenvalue weighted by molar-refractivity contribution is -0.870. The van der Waals surface area contributed by atoms with Crippen LogP contribution >= 0.6 is 7.82 Å². The number of allylic oxidation sites excluding steroid dienone is 3. The first-order valence-corrected chi connectivity index (χ1v) is 19.5. The molecule has 0 aromatic carbocycles. The Hall–Kier alpha value is -0.980. The number of phosphoric ester groups is 1. The van der Waals surface area contributed by atoms with Crippen LogP contribution in [0.1, 0.15) is 106 Å². The first-order chi connectivity index (χ1) is 21.0. The zero-order valence-corrected chi connectivity index (χ0v) is 30.8. The van der Waals surface area contributed by atoms with Crippen LogP contribution in [0.15, 0.2) is 23.8 Å². The molecule has 0 spiro atoms. The van der Waals surface area contributed by atoms with Crippen molar-refractivity contribution in [3.05, 3.63) is 23.8 Å². The van der Waals surface area contributed by atoms with E-state index in [2.05, 4.69) is 59.8 Å². The van der Waals surface area contributed by atoms with Gasteiger partial charge in [-0.25, -0.2) is 4.57 Å². The maximum atomic E-state index is 12.6. The van der Waals surface area contributed by atoms with E-state index < -0.39 is 7.82 Å². The summed E-state index contributed by atoms with van der Waals surface area (Å²) in [6.07, 6.45) is 17.9. The van der Waals surface area contributed by atoms with Crippen molar-refractivity contribution in [3.8, 4) is 0 Å². The Morgan fingerprint density at radius 2 is 1.76 bits per heavy atom. The summed E-state index contributed by atoms with van der Waals surface area (Å²) in [4.78, 5) is 22.6. The molecule has 0 saturated heterocycles. The standard InChI is InChI=1S/C37H64NO6P/c1-10-28(26(2)3)12-11-27(4)32-15-16-33-31-14-13-29-25-30(17-20-36(29,5)34(31)18-21-37(32,33)6)44-35(39)19-23-42-45(40,41)43-24-22-38(7,8)9/h11-13,26-28,30-34H,10,14-25H2,1-9H3/p+1/t27-,28-,30+,31?,32-,33?,34?,36+,37-/m1/s1. The molecule has 0 bridgehead atoms. The van der Waals surface area contributed by atoms with E-state index in [0.29, 0.717) is 40.1 Å². The van der Waals surface area contributed by atoms with Gasteiger partial charge in [0.05, 0.1) is 34.2 Å². The van der Waals surface area contributed by atoms with E-state index in [1.54, 1.807) is 0 Å². The van der Waals surface area contributed by atoms with Crippen LogP contribution in [0.5, 0.6) is 0 Å². The van der Waals surface area contributed by atoms with Crippen molar-refractivity contribution < 1.29 is 32.5 Å². The Morgan fingerprint density at radius 1 is 1.04 bits per heavy atom. The molecule has 4 rings (SSSR count). The lowest BCUT2D eigenvalue weighted by Gasteiger charge is -2.58. The van der Waals surface area contributed by atoms with Gasteiger partial charge < -0.3 is 14.1 Å². The molecule has 8 heteroatoms. The van der Waals surface area contributed by atoms with Crippen LogP contribution in [0, 0.1) is 52.3 Å². The smallest absolute Gasteiger partial charge is 0.462 e. The van der Waals surface area contributed by atoms with Gasteiger partial charge in [-0.3, -0.25) is 13.8 Å². The summed E-state index contributed by atoms with van der Waals surface area (Å²) in [6, 6.07) is 0. The highest BCUT2D eigenvalue weighted by Crippen LogP contribution is 2.67. The SMILES string of the molecule is CC[C@H](C=C[C@@H](C)[C@H]1CCC2C3CC=C4C[C@@H](OC(=O)CCOP(=O)(O)OCC[N+](C)(C)C)CC[C@]4(C)C3CC[C@@]21C)C(C)C. The van der Waals surface area contributed by atoms with Gasteiger partial charge in [-0.05, 0) is 104 Å². The zero-order chi connectivity index (χ0) is 33.2. The number of esters is 1. The first-order valence-electron chi connectivity index (χ1n) is 18.0. The van der Waals surface area contributed by atoms with E-state index in [1.165, 1.54) is 37.7 Å². The fourth-order valence-corrected chi connectivity index (χ4v) is 10.6. The number of nitrogens with zero attached hydrogens (tertiary/aromatic N) is 1. The molecule has 0 aromatic heterocycles. The summed E-state index contributed by atoms with van der Waals surface area (Å²) < 4.78 is 28.7. The third-order valence-electron chi connectivity index (χ3n) is 12.6. The minimum absolute atomic E-state index is 0.0631. The van der Waals surface area contributed by atoms with Crippen molar-refractivity contribution in [2.45, 2.75) is 112 Å². The van der Waals surface area contributed by atoms with Crippen LogP contribution in [0.3, 0.4) is 0 Å². The molecule has 7 nitrogen and oxygen atoms in total. The molecule has 3 fully saturated rings. The Labute approximate surface area is 274 Å². The molecule has 3 saturated carbocycles. The Bertz CT molecular complexity index is 1130. The fraction of sp³-hybridized carbons (Fsp3) is 0.865. The van der Waals surface area contributed by atoms with E-state index in [1.807, 2.05) is 21.1 Å². The van der Waals surface area contributed by atoms with Crippen LogP contribution in [0.2, 0.25) is 0 Å². The second-order valence-electron chi connectivity index (χ2n) is 16.8. The molecule has 0 amide bonds. The van der Waals surface area contributed by atoms with Crippen LogP contribution < -0.4 is 0 Å². The molecule has 0 aromatic rings. The van der Waals surface area contributed by atoms with Gasteiger partial charge >= 0.3 is 13.8 Å². The third-order valence-corrected chi connectivity index (χ3v) is 13.6. The maximum absolute atomic E-state index is 12.6. The molecule has 45 heavy (non-hydrogen) atoms. The van der Waals surface area contributed by atoms with Gasteiger partial charge in [-0.1, -0.05) is 65.3 Å². The quantitative estimate of drug-likeness (QED) is 0.0878. The molecular weight excluding hydrogens is 585 g/mol. The molecular formula is C37H65NO6P+. The van der Waals surface area contributed by atoms with Crippen molar-refractivity contribution in [1.82, 2.24) is 0 Å². The van der Waals surface area contributed by atoms with Crippen molar-refractivity contribution in [3.63, 3.8) is 0 Å². The van der Waals surface area contributed by atoms with Gasteiger partial charge in [0.15, 0.2) is 0 Å². The molecule has 4 aliphatic rings. The van der Waals surface area contributed by atoms with Crippen LogP contribution in [0.25, 0.3) is 0 Å². The summed E-state index contributed by atoms with van der Waals surface area (Å²) in [6.45, 7) is 15.1. The van der Waals surface area contributed by atoms with Crippen LogP contribution in [0.4, 0.5) is 0 Å². The number of hydrogen-bond donors (Lipinski definition) is 1. The number of quaternary nitrogens is 1. The predicted molar refractivity (Wildman–Crippen MR) is 181 cm³/mol. The average molecular weight is 651 g/mol. The second kappa shape index (κ2) is 14.6. The lowest BCUT2D eigenvalue weighted by Crippen LogP contribution is -2.51. The second-order valence-corrected chi connectivity index (χ2v) is 18.3. The fourth-order valence-electron chi connectivity index (χ4n) is 9.87. The predicted octanol–water partition coefficient (Wildman–Crippen LogP) is 8.58. The maximum Gasteiger partial charge on any atom is 0.472 e. The van der Waals surface area contributed by atoms with Gasteiger partial charge in [0.1, 0.15) is 19.3 Å². The van der Waals surface area contributed by atoms with E-state index in [0.717, 1.165) is 43.4 Å².